The Hall–Kier alpha value is -2.48. The summed E-state index contributed by atoms with van der Waals surface area (Å²) < 4.78 is 1.84. The maximum Gasteiger partial charge on any atom is 0.358 e. The number of rotatable bonds is 4. The van der Waals surface area contributed by atoms with Crippen molar-refractivity contribution < 1.29 is 19.0 Å². The fourth-order valence-electron chi connectivity index (χ4n) is 2.96. The molecule has 26 heavy (non-hydrogen) atoms. The summed E-state index contributed by atoms with van der Waals surface area (Å²) in [6.45, 7) is 4.45. The summed E-state index contributed by atoms with van der Waals surface area (Å²) >= 11 is 1.29. The number of hydrogen-bond acceptors (Lipinski definition) is 5. The van der Waals surface area contributed by atoms with Gasteiger partial charge < -0.3 is 0 Å². The minimum Gasteiger partial charge on any atom is -0.293 e. The molecule has 2 heterocycles. The molecule has 1 aromatic carbocycles. The van der Waals surface area contributed by atoms with E-state index in [-0.39, 0.29) is 17.4 Å². The van der Waals surface area contributed by atoms with E-state index in [2.05, 4.69) is 4.99 Å². The number of amides is 3. The van der Waals surface area contributed by atoms with Gasteiger partial charge >= 0.3 is 11.2 Å². The fourth-order valence-corrected chi connectivity index (χ4v) is 3.95. The number of fused-ring (bicyclic) bond motifs is 1. The maximum absolute atomic E-state index is 12.5. The van der Waals surface area contributed by atoms with Crippen LogP contribution in [0, 0.1) is 6.92 Å². The van der Waals surface area contributed by atoms with Crippen molar-refractivity contribution in [2.45, 2.75) is 19.9 Å². The average Bonchev–Trinajstić information content (AvgIpc) is 3.02. The zero-order valence-corrected chi connectivity index (χ0v) is 16.0. The Kier molecular flexibility index (Phi) is 4.95. The van der Waals surface area contributed by atoms with Crippen LogP contribution in [0.1, 0.15) is 22.8 Å². The van der Waals surface area contributed by atoms with E-state index in [1.165, 1.54) is 23.7 Å². The molecule has 1 atom stereocenters. The van der Waals surface area contributed by atoms with Crippen molar-refractivity contribution in [2.75, 3.05) is 26.4 Å². The van der Waals surface area contributed by atoms with Crippen LogP contribution in [0.5, 0.6) is 0 Å². The van der Waals surface area contributed by atoms with Crippen molar-refractivity contribution in [2.24, 2.45) is 4.99 Å². The molecule has 7 nitrogen and oxygen atoms in total. The Bertz CT molecular complexity index is 844. The quantitative estimate of drug-likeness (QED) is 0.594. The van der Waals surface area contributed by atoms with E-state index in [0.717, 1.165) is 10.5 Å². The molecular formula is C18H21N4O3S+. The topological polar surface area (TPSA) is 73.1 Å². The van der Waals surface area contributed by atoms with Crippen LogP contribution in [-0.4, -0.2) is 75.5 Å². The number of nitrogens with zero attached hydrogens (tertiary/aromatic N) is 4. The second-order valence-corrected chi connectivity index (χ2v) is 7.20. The summed E-state index contributed by atoms with van der Waals surface area (Å²) in [5.74, 6) is 0.348. The van der Waals surface area contributed by atoms with Crippen LogP contribution < -0.4 is 0 Å². The number of carbonyl (C=O) groups is 3. The highest BCUT2D eigenvalue weighted by Crippen LogP contribution is 2.23. The monoisotopic (exact) mass is 373 g/mol. The lowest BCUT2D eigenvalue weighted by Crippen LogP contribution is -2.61. The number of amidine groups is 2. The number of thioether (sulfide) groups is 1. The van der Waals surface area contributed by atoms with Gasteiger partial charge in [-0.1, -0.05) is 29.8 Å². The van der Waals surface area contributed by atoms with Crippen LogP contribution in [-0.2, 0) is 4.79 Å². The van der Waals surface area contributed by atoms with Crippen LogP contribution in [0.3, 0.4) is 0 Å². The molecule has 8 heteroatoms. The molecule has 1 saturated heterocycles. The van der Waals surface area contributed by atoms with Crippen molar-refractivity contribution in [1.82, 2.24) is 9.80 Å². The summed E-state index contributed by atoms with van der Waals surface area (Å²) in [5.41, 5.74) is 1.75. The number of hydrogen-bond donors (Lipinski definition) is 0. The number of imide groups is 1. The Balaban J connectivity index is 1.81. The normalized spacial score (nSPS) is 19.8. The van der Waals surface area contributed by atoms with Gasteiger partial charge in [-0.05, 0) is 30.6 Å². The van der Waals surface area contributed by atoms with Crippen molar-refractivity contribution in [1.29, 1.82) is 0 Å². The second kappa shape index (κ2) is 7.03. The summed E-state index contributed by atoms with van der Waals surface area (Å²) in [6, 6.07) is 6.43. The zero-order valence-electron chi connectivity index (χ0n) is 15.2. The van der Waals surface area contributed by atoms with Crippen LogP contribution in [0.15, 0.2) is 29.3 Å². The van der Waals surface area contributed by atoms with Gasteiger partial charge in [-0.3, -0.25) is 19.4 Å². The molecule has 0 aromatic heterocycles. The third-order valence-electron chi connectivity index (χ3n) is 4.54. The minimum atomic E-state index is -0.607. The first-order valence-electron chi connectivity index (χ1n) is 8.35. The van der Waals surface area contributed by atoms with E-state index in [9.17, 15) is 14.4 Å². The van der Waals surface area contributed by atoms with Crippen LogP contribution in [0.2, 0.25) is 0 Å². The number of carbonyl (C=O) groups excluding carboxylic acids is 3. The molecule has 1 aromatic rings. The Labute approximate surface area is 156 Å². The lowest BCUT2D eigenvalue weighted by molar-refractivity contribution is -0.529. The molecule has 1 unspecified atom stereocenters. The van der Waals surface area contributed by atoms with Crippen molar-refractivity contribution in [3.05, 3.63) is 35.4 Å². The van der Waals surface area contributed by atoms with E-state index in [4.69, 9.17) is 0 Å². The van der Waals surface area contributed by atoms with Gasteiger partial charge in [-0.25, -0.2) is 9.37 Å². The maximum atomic E-state index is 12.5. The van der Waals surface area contributed by atoms with Crippen LogP contribution in [0.4, 0.5) is 4.79 Å². The molecule has 3 amide bonds. The lowest BCUT2D eigenvalue weighted by Gasteiger charge is -2.30. The van der Waals surface area contributed by atoms with E-state index < -0.39 is 12.1 Å². The van der Waals surface area contributed by atoms with Gasteiger partial charge in [-0.15, -0.1) is 0 Å². The van der Waals surface area contributed by atoms with Gasteiger partial charge in [0.2, 0.25) is 0 Å². The molecule has 0 N–H and O–H groups in total. The fraction of sp³-hybridized carbons (Fsp3) is 0.389. The SMILES string of the molecule is CC[N+]1=C(SCC(=O)c2ccc(C)cc2)N=C2C1C(=O)N(C)C(=O)N2C. The molecule has 0 bridgehead atoms. The summed E-state index contributed by atoms with van der Waals surface area (Å²) in [6.07, 6.45) is 0. The number of likely N-dealkylation sites (N-methyl/N-ethyl adjacent to an activating group) is 3. The first-order valence-corrected chi connectivity index (χ1v) is 9.33. The smallest absolute Gasteiger partial charge is 0.293 e. The zero-order chi connectivity index (χ0) is 19.0. The summed E-state index contributed by atoms with van der Waals surface area (Å²) in [5, 5.41) is 0.594. The first kappa shape index (κ1) is 18.3. The molecule has 1 fully saturated rings. The van der Waals surface area contributed by atoms with Crippen molar-refractivity contribution in [3.8, 4) is 0 Å². The standard InChI is InChI=1S/C18H21N4O3S/c1-5-22-14-15(20(3)18(25)21(4)16(14)24)19-17(22)26-10-13(23)12-8-6-11(2)7-9-12/h6-9,14H,5,10H2,1-4H3/q+1. The number of urea groups is 1. The molecule has 0 radical (unpaired) electrons. The molecule has 2 aliphatic rings. The largest absolute Gasteiger partial charge is 0.358 e. The van der Waals surface area contributed by atoms with E-state index in [1.54, 1.807) is 7.05 Å². The molecule has 2 aliphatic heterocycles. The highest BCUT2D eigenvalue weighted by atomic mass is 32.2. The molecule has 0 saturated carbocycles. The van der Waals surface area contributed by atoms with Crippen molar-refractivity contribution >= 4 is 40.5 Å². The Morgan fingerprint density at radius 1 is 1.19 bits per heavy atom. The molecule has 136 valence electrons. The second-order valence-electron chi connectivity index (χ2n) is 6.26. The molecule has 0 aliphatic carbocycles. The number of aliphatic imine (C=N–C) groups is 1. The number of aryl methyl sites for hydroxylation is 1. The first-order chi connectivity index (χ1) is 12.3. The Morgan fingerprint density at radius 2 is 1.85 bits per heavy atom. The number of Topliss-reactive ketones (excluding diaryl/α,β-unsaturated/α-hetero) is 1. The summed E-state index contributed by atoms with van der Waals surface area (Å²) in [7, 11) is 3.08. The minimum absolute atomic E-state index is 0.00139. The third-order valence-corrected chi connectivity index (χ3v) is 5.53. The number of benzene rings is 1. The van der Waals surface area contributed by atoms with E-state index in [0.29, 0.717) is 23.1 Å². The van der Waals surface area contributed by atoms with Gasteiger partial charge in [0, 0.05) is 19.7 Å². The van der Waals surface area contributed by atoms with Gasteiger partial charge in [0.25, 0.3) is 17.8 Å². The number of ketones is 1. The predicted octanol–water partition coefficient (Wildman–Crippen LogP) is 1.60. The van der Waals surface area contributed by atoms with Gasteiger partial charge in [0.15, 0.2) is 5.78 Å². The van der Waals surface area contributed by atoms with Crippen molar-refractivity contribution in [3.63, 3.8) is 0 Å². The molecule has 0 spiro atoms. The molecular weight excluding hydrogens is 352 g/mol. The van der Waals surface area contributed by atoms with Gasteiger partial charge in [0.05, 0.1) is 12.3 Å². The van der Waals surface area contributed by atoms with E-state index >= 15 is 0 Å². The van der Waals surface area contributed by atoms with Crippen LogP contribution in [0.25, 0.3) is 0 Å². The predicted molar refractivity (Wildman–Crippen MR) is 101 cm³/mol. The van der Waals surface area contributed by atoms with Gasteiger partial charge in [-0.2, -0.15) is 0 Å². The molecule has 3 rings (SSSR count). The highest BCUT2D eigenvalue weighted by molar-refractivity contribution is 8.14. The summed E-state index contributed by atoms with van der Waals surface area (Å²) in [4.78, 5) is 44.1. The van der Waals surface area contributed by atoms with Crippen LogP contribution >= 0.6 is 11.8 Å². The van der Waals surface area contributed by atoms with E-state index in [1.807, 2.05) is 42.7 Å². The third kappa shape index (κ3) is 3.05. The average molecular weight is 373 g/mol. The van der Waals surface area contributed by atoms with Gasteiger partial charge in [0.1, 0.15) is 0 Å². The Morgan fingerprint density at radius 3 is 2.46 bits per heavy atom. The highest BCUT2D eigenvalue weighted by Gasteiger charge is 2.52. The lowest BCUT2D eigenvalue weighted by atomic mass is 10.1.